The second kappa shape index (κ2) is 6.37. The predicted molar refractivity (Wildman–Crippen MR) is 100 cm³/mol. The zero-order valence-electron chi connectivity index (χ0n) is 15.8. The van der Waals surface area contributed by atoms with Gasteiger partial charge >= 0.3 is 5.88 Å². The number of anilines is 1. The lowest BCUT2D eigenvalue weighted by Gasteiger charge is -2.34. The minimum atomic E-state index is 0.108. The van der Waals surface area contributed by atoms with Gasteiger partial charge in [0.1, 0.15) is 0 Å². The number of rotatable bonds is 5. The number of ether oxygens (including phenoxy) is 1. The Labute approximate surface area is 153 Å². The summed E-state index contributed by atoms with van der Waals surface area (Å²) in [5, 5.41) is 10.9. The van der Waals surface area contributed by atoms with Crippen molar-refractivity contribution in [3.05, 3.63) is 51.9 Å². The molecule has 136 valence electrons. The van der Waals surface area contributed by atoms with Crippen LogP contribution in [-0.2, 0) is 9.57 Å². The molecule has 3 aliphatic rings. The largest absolute Gasteiger partial charge is 0.452 e. The summed E-state index contributed by atoms with van der Waals surface area (Å²) in [6, 6.07) is 0. The Bertz CT molecular complexity index is 957. The Morgan fingerprint density at radius 2 is 2.04 bits per heavy atom. The van der Waals surface area contributed by atoms with Crippen LogP contribution in [0.5, 0.6) is 0 Å². The first-order chi connectivity index (χ1) is 12.7. The first-order valence-corrected chi connectivity index (χ1v) is 9.15. The van der Waals surface area contributed by atoms with Gasteiger partial charge in [-0.3, -0.25) is 0 Å². The fraction of sp³-hybridized carbons (Fsp3) is 0.400. The molecule has 6 nitrogen and oxygen atoms in total. The van der Waals surface area contributed by atoms with Gasteiger partial charge in [-0.25, -0.2) is 0 Å². The van der Waals surface area contributed by atoms with Crippen LogP contribution in [0.2, 0.25) is 0 Å². The zero-order chi connectivity index (χ0) is 18.3. The average Bonchev–Trinajstić information content (AvgIpc) is 3.04. The molecule has 2 aliphatic heterocycles. The van der Waals surface area contributed by atoms with Crippen molar-refractivity contribution in [1.82, 2.24) is 10.2 Å². The summed E-state index contributed by atoms with van der Waals surface area (Å²) >= 11 is 0. The molecule has 0 radical (unpaired) electrons. The van der Waals surface area contributed by atoms with Gasteiger partial charge in [-0.05, 0) is 32.3 Å². The molecule has 6 heteroatoms. The van der Waals surface area contributed by atoms with E-state index in [1.807, 2.05) is 6.20 Å². The average molecular weight is 353 g/mol. The molecule has 0 fully saturated rings. The summed E-state index contributed by atoms with van der Waals surface area (Å²) in [5.74, 6) is 1.66. The van der Waals surface area contributed by atoms with Gasteiger partial charge in [0.25, 0.3) is 0 Å². The molecular weight excluding hydrogens is 328 g/mol. The van der Waals surface area contributed by atoms with E-state index < -0.39 is 0 Å². The molecule has 0 aromatic carbocycles. The lowest BCUT2D eigenvalue weighted by molar-refractivity contribution is -0.962. The van der Waals surface area contributed by atoms with Gasteiger partial charge in [-0.2, -0.15) is 9.94 Å². The Kier molecular flexibility index (Phi) is 4.17. The number of hydroxylamine groups is 3. The van der Waals surface area contributed by atoms with Gasteiger partial charge in [0.05, 0.1) is 30.9 Å². The maximum atomic E-state index is 6.05. The van der Waals surface area contributed by atoms with Crippen molar-refractivity contribution >= 4 is 17.7 Å². The number of methoxy groups -OCH3 is 1. The van der Waals surface area contributed by atoms with Gasteiger partial charge in [-0.15, -0.1) is 5.10 Å². The van der Waals surface area contributed by atoms with Crippen molar-refractivity contribution < 1.29 is 14.2 Å². The molecular formula is C20H25N4O2+. The first kappa shape index (κ1) is 17.0. The van der Waals surface area contributed by atoms with Crippen LogP contribution in [0.1, 0.15) is 26.7 Å². The van der Waals surface area contributed by atoms with E-state index in [1.165, 1.54) is 11.1 Å². The van der Waals surface area contributed by atoms with Crippen LogP contribution in [0.15, 0.2) is 41.5 Å². The van der Waals surface area contributed by atoms with Crippen LogP contribution in [0.25, 0.3) is 11.9 Å². The highest BCUT2D eigenvalue weighted by molar-refractivity contribution is 5.75. The normalized spacial score (nSPS) is 23.1. The van der Waals surface area contributed by atoms with Gasteiger partial charge in [0.15, 0.2) is 17.7 Å². The topological polar surface area (TPSA) is 47.5 Å². The second-order valence-corrected chi connectivity index (χ2v) is 6.56. The summed E-state index contributed by atoms with van der Waals surface area (Å²) < 4.78 is 5.88. The molecule has 0 bridgehead atoms. The highest BCUT2D eigenvalue weighted by Crippen LogP contribution is 2.43. The molecule has 1 aliphatic carbocycles. The number of quaternary nitrogens is 1. The number of aromatic nitrogens is 2. The van der Waals surface area contributed by atoms with Crippen molar-refractivity contribution in [3.8, 4) is 0 Å². The molecule has 1 unspecified atom stereocenters. The summed E-state index contributed by atoms with van der Waals surface area (Å²) in [7, 11) is 3.41. The Morgan fingerprint density at radius 3 is 2.73 bits per heavy atom. The third kappa shape index (κ3) is 2.19. The number of allylic oxidation sites excluding steroid dienone is 3. The van der Waals surface area contributed by atoms with Crippen molar-refractivity contribution in [1.29, 1.82) is 0 Å². The van der Waals surface area contributed by atoms with E-state index in [9.17, 15) is 0 Å². The third-order valence-corrected chi connectivity index (χ3v) is 5.40. The molecule has 26 heavy (non-hydrogen) atoms. The highest BCUT2D eigenvalue weighted by Gasteiger charge is 2.49. The lowest BCUT2D eigenvalue weighted by atomic mass is 9.91. The van der Waals surface area contributed by atoms with E-state index >= 15 is 0 Å². The number of nitrogens with zero attached hydrogens (tertiary/aromatic N) is 4. The molecule has 0 saturated heterocycles. The van der Waals surface area contributed by atoms with Crippen LogP contribution in [0, 0.1) is 0 Å². The fourth-order valence-electron chi connectivity index (χ4n) is 4.12. The van der Waals surface area contributed by atoms with Crippen molar-refractivity contribution in [3.63, 3.8) is 0 Å². The highest BCUT2D eigenvalue weighted by atomic mass is 16.7. The number of hydrogen-bond acceptors (Lipinski definition) is 5. The Hall–Kier alpha value is -2.44. The van der Waals surface area contributed by atoms with Crippen molar-refractivity contribution in [2.24, 2.45) is 0 Å². The van der Waals surface area contributed by atoms with Gasteiger partial charge in [0, 0.05) is 24.7 Å². The van der Waals surface area contributed by atoms with E-state index in [-0.39, 0.29) is 4.65 Å². The molecule has 1 aromatic heterocycles. The molecule has 0 N–H and O–H groups in total. The summed E-state index contributed by atoms with van der Waals surface area (Å²) in [4.78, 5) is 8.29. The molecule has 0 spiro atoms. The minimum absolute atomic E-state index is 0.108. The lowest BCUT2D eigenvalue weighted by Crippen LogP contribution is -2.43. The summed E-state index contributed by atoms with van der Waals surface area (Å²) in [5.41, 5.74) is 3.56. The van der Waals surface area contributed by atoms with Crippen molar-refractivity contribution in [2.75, 3.05) is 32.2 Å². The smallest absolute Gasteiger partial charge is 0.335 e. The van der Waals surface area contributed by atoms with E-state index in [0.717, 1.165) is 53.8 Å². The molecule has 4 rings (SSSR count). The predicted octanol–water partition coefficient (Wildman–Crippen LogP) is 1.71. The van der Waals surface area contributed by atoms with Crippen LogP contribution in [0.4, 0.5) is 5.82 Å². The van der Waals surface area contributed by atoms with Crippen LogP contribution >= 0.6 is 0 Å². The molecule has 1 aromatic rings. The van der Waals surface area contributed by atoms with Crippen LogP contribution < -0.4 is 15.3 Å². The molecule has 3 heterocycles. The standard InChI is InChI=1S/C20H25N4O2/c1-5-23(6-2)20-18-15(12-21-22-20)13-24(26-4)17(25-3)11-14-9-7-8-10-16(14)19(18)24/h8,10-13H,5-7,9H2,1-4H3/q+1. The van der Waals surface area contributed by atoms with Gasteiger partial charge in [0.2, 0.25) is 0 Å². The molecule has 0 amide bonds. The zero-order valence-corrected chi connectivity index (χ0v) is 15.8. The van der Waals surface area contributed by atoms with Crippen LogP contribution in [0.3, 0.4) is 0 Å². The first-order valence-electron chi connectivity index (χ1n) is 9.15. The van der Waals surface area contributed by atoms with Gasteiger partial charge < -0.3 is 9.64 Å². The van der Waals surface area contributed by atoms with Gasteiger partial charge in [-0.1, -0.05) is 16.8 Å². The Morgan fingerprint density at radius 1 is 1.23 bits per heavy atom. The molecule has 0 saturated carbocycles. The fourth-order valence-corrected chi connectivity index (χ4v) is 4.12. The van der Waals surface area contributed by atoms with E-state index in [1.54, 1.807) is 14.2 Å². The van der Waals surface area contributed by atoms with E-state index in [4.69, 9.17) is 9.57 Å². The maximum absolute atomic E-state index is 6.05. The summed E-state index contributed by atoms with van der Waals surface area (Å²) in [6.45, 7) is 6.02. The second-order valence-electron chi connectivity index (χ2n) is 6.56. The van der Waals surface area contributed by atoms with E-state index in [2.05, 4.69) is 53.4 Å². The Balaban J connectivity index is 2.14. The maximum Gasteiger partial charge on any atom is 0.335 e. The quantitative estimate of drug-likeness (QED) is 0.754. The molecule has 1 atom stereocenters. The minimum Gasteiger partial charge on any atom is -0.452 e. The van der Waals surface area contributed by atoms with Crippen LogP contribution in [-0.4, -0.2) is 42.2 Å². The number of hydrogen-bond donors (Lipinski definition) is 0. The summed E-state index contributed by atoms with van der Waals surface area (Å²) in [6.07, 6.45) is 12.5. The van der Waals surface area contributed by atoms with Crippen molar-refractivity contribution in [2.45, 2.75) is 26.7 Å². The third-order valence-electron chi connectivity index (χ3n) is 5.40. The number of fused-ring (bicyclic) bond motifs is 3. The SMILES string of the molecule is CCN(CC)c1nncc2c1=C1C3=C(C=C(OC)[N+]1(OC)C=2)CCC=C3. The van der Waals surface area contributed by atoms with E-state index in [0.29, 0.717) is 0 Å². The monoisotopic (exact) mass is 353 g/mol.